The van der Waals surface area contributed by atoms with Crippen LogP contribution in [0.25, 0.3) is 0 Å². The van der Waals surface area contributed by atoms with Crippen LogP contribution in [0, 0.1) is 6.92 Å². The van der Waals surface area contributed by atoms with Crippen molar-refractivity contribution in [3.63, 3.8) is 0 Å². The molecule has 1 N–H and O–H groups in total. The van der Waals surface area contributed by atoms with Crippen molar-refractivity contribution in [2.75, 3.05) is 6.54 Å². The first-order valence-electron chi connectivity index (χ1n) is 4.44. The van der Waals surface area contributed by atoms with Crippen molar-refractivity contribution in [2.24, 2.45) is 0 Å². The van der Waals surface area contributed by atoms with E-state index in [1.807, 2.05) is 13.0 Å². The summed E-state index contributed by atoms with van der Waals surface area (Å²) < 4.78 is 4.95. The molecule has 1 aromatic heterocycles. The topological polar surface area (TPSA) is 55.1 Å². The molecule has 0 spiro atoms. The summed E-state index contributed by atoms with van der Waals surface area (Å²) in [5.74, 6) is 1.08. The van der Waals surface area contributed by atoms with Crippen molar-refractivity contribution in [3.05, 3.63) is 17.5 Å². The zero-order valence-electron chi connectivity index (χ0n) is 7.54. The molecular formula is C9H12N2O2. The first-order valence-corrected chi connectivity index (χ1v) is 4.44. The predicted molar refractivity (Wildman–Crippen MR) is 46.2 cm³/mol. The lowest BCUT2D eigenvalue weighted by atomic mass is 10.0. The fourth-order valence-electron chi connectivity index (χ4n) is 1.55. The Morgan fingerprint density at radius 3 is 3.15 bits per heavy atom. The van der Waals surface area contributed by atoms with Gasteiger partial charge in [0.1, 0.15) is 17.2 Å². The quantitative estimate of drug-likeness (QED) is 0.699. The minimum atomic E-state index is 0.0544. The maximum absolute atomic E-state index is 11.2. The fourth-order valence-corrected chi connectivity index (χ4v) is 1.55. The van der Waals surface area contributed by atoms with Gasteiger partial charge >= 0.3 is 0 Å². The molecule has 4 heteroatoms. The molecule has 2 rings (SSSR count). The number of aromatic nitrogens is 1. The van der Waals surface area contributed by atoms with Gasteiger partial charge in [-0.3, -0.25) is 4.79 Å². The zero-order valence-corrected chi connectivity index (χ0v) is 7.54. The Morgan fingerprint density at radius 2 is 2.54 bits per heavy atom. The lowest BCUT2D eigenvalue weighted by Crippen LogP contribution is -2.31. The molecule has 1 unspecified atom stereocenters. The molecule has 1 aromatic rings. The van der Waals surface area contributed by atoms with Crippen LogP contribution in [0.1, 0.15) is 30.3 Å². The third kappa shape index (κ3) is 1.78. The lowest BCUT2D eigenvalue weighted by molar-refractivity contribution is -0.120. The number of carbonyl (C=O) groups is 1. The molecule has 0 radical (unpaired) electrons. The second kappa shape index (κ2) is 3.30. The Hall–Kier alpha value is -1.16. The molecule has 0 amide bonds. The van der Waals surface area contributed by atoms with E-state index in [4.69, 9.17) is 4.52 Å². The highest BCUT2D eigenvalue weighted by atomic mass is 16.5. The SMILES string of the molecule is Cc1cc(C2CC(=O)CCN2)no1. The highest BCUT2D eigenvalue weighted by molar-refractivity contribution is 5.80. The van der Waals surface area contributed by atoms with Gasteiger partial charge in [0.25, 0.3) is 0 Å². The second-order valence-electron chi connectivity index (χ2n) is 3.36. The number of aryl methyl sites for hydroxylation is 1. The summed E-state index contributed by atoms with van der Waals surface area (Å²) in [4.78, 5) is 11.2. The van der Waals surface area contributed by atoms with Crippen LogP contribution in [-0.4, -0.2) is 17.5 Å². The number of ketones is 1. The Morgan fingerprint density at radius 1 is 1.69 bits per heavy atom. The van der Waals surface area contributed by atoms with E-state index in [9.17, 15) is 4.79 Å². The smallest absolute Gasteiger partial charge is 0.136 e. The number of nitrogens with zero attached hydrogens (tertiary/aromatic N) is 1. The highest BCUT2D eigenvalue weighted by Crippen LogP contribution is 2.20. The van der Waals surface area contributed by atoms with Crippen molar-refractivity contribution in [2.45, 2.75) is 25.8 Å². The third-order valence-corrected chi connectivity index (χ3v) is 2.23. The molecule has 1 fully saturated rings. The molecular weight excluding hydrogens is 168 g/mol. The van der Waals surface area contributed by atoms with E-state index >= 15 is 0 Å². The van der Waals surface area contributed by atoms with Crippen LogP contribution in [0.5, 0.6) is 0 Å². The van der Waals surface area contributed by atoms with Gasteiger partial charge in [-0.25, -0.2) is 0 Å². The number of carbonyl (C=O) groups excluding carboxylic acids is 1. The molecule has 13 heavy (non-hydrogen) atoms. The molecule has 1 saturated heterocycles. The zero-order chi connectivity index (χ0) is 9.26. The largest absolute Gasteiger partial charge is 0.361 e. The molecule has 1 atom stereocenters. The van der Waals surface area contributed by atoms with Gasteiger partial charge in [-0.1, -0.05) is 5.16 Å². The number of Topliss-reactive ketones (excluding diaryl/α,β-unsaturated/α-hetero) is 1. The van der Waals surface area contributed by atoms with Crippen LogP contribution in [0.4, 0.5) is 0 Å². The number of rotatable bonds is 1. The van der Waals surface area contributed by atoms with E-state index < -0.39 is 0 Å². The molecule has 0 aliphatic carbocycles. The molecule has 1 aliphatic rings. The molecule has 0 aromatic carbocycles. The minimum Gasteiger partial charge on any atom is -0.361 e. The summed E-state index contributed by atoms with van der Waals surface area (Å²) in [7, 11) is 0. The number of hydrogen-bond donors (Lipinski definition) is 1. The standard InChI is InChI=1S/C9H12N2O2/c1-6-4-9(11-13-6)8-5-7(12)2-3-10-8/h4,8,10H,2-3,5H2,1H3. The Kier molecular flexibility index (Phi) is 2.14. The molecule has 1 aliphatic heterocycles. The van der Waals surface area contributed by atoms with Crippen molar-refractivity contribution < 1.29 is 9.32 Å². The van der Waals surface area contributed by atoms with Gasteiger partial charge in [-0.15, -0.1) is 0 Å². The highest BCUT2D eigenvalue weighted by Gasteiger charge is 2.22. The lowest BCUT2D eigenvalue weighted by Gasteiger charge is -2.19. The van der Waals surface area contributed by atoms with Crippen LogP contribution in [0.15, 0.2) is 10.6 Å². The van der Waals surface area contributed by atoms with Gasteiger partial charge in [0.2, 0.25) is 0 Å². The minimum absolute atomic E-state index is 0.0544. The van der Waals surface area contributed by atoms with E-state index in [-0.39, 0.29) is 6.04 Å². The van der Waals surface area contributed by atoms with E-state index in [1.54, 1.807) is 0 Å². The first kappa shape index (κ1) is 8.44. The maximum Gasteiger partial charge on any atom is 0.136 e. The van der Waals surface area contributed by atoms with E-state index in [1.165, 1.54) is 0 Å². The van der Waals surface area contributed by atoms with Gasteiger partial charge < -0.3 is 9.84 Å². The third-order valence-electron chi connectivity index (χ3n) is 2.23. The molecule has 0 bridgehead atoms. The Balaban J connectivity index is 2.12. The summed E-state index contributed by atoms with van der Waals surface area (Å²) in [6, 6.07) is 1.93. The molecule has 4 nitrogen and oxygen atoms in total. The summed E-state index contributed by atoms with van der Waals surface area (Å²) in [6.07, 6.45) is 1.17. The van der Waals surface area contributed by atoms with Gasteiger partial charge in [0.15, 0.2) is 0 Å². The van der Waals surface area contributed by atoms with Crippen LogP contribution in [0.3, 0.4) is 0 Å². The van der Waals surface area contributed by atoms with Gasteiger partial charge in [-0.05, 0) is 6.92 Å². The maximum atomic E-state index is 11.2. The van der Waals surface area contributed by atoms with Crippen LogP contribution < -0.4 is 5.32 Å². The number of nitrogens with one attached hydrogen (secondary N) is 1. The number of hydrogen-bond acceptors (Lipinski definition) is 4. The van der Waals surface area contributed by atoms with Gasteiger partial charge in [0, 0.05) is 25.5 Å². The molecule has 70 valence electrons. The van der Waals surface area contributed by atoms with Crippen LogP contribution >= 0.6 is 0 Å². The normalized spacial score (nSPS) is 23.5. The van der Waals surface area contributed by atoms with Crippen molar-refractivity contribution in [3.8, 4) is 0 Å². The van der Waals surface area contributed by atoms with Crippen molar-refractivity contribution in [1.29, 1.82) is 0 Å². The Labute approximate surface area is 76.3 Å². The average Bonchev–Trinajstić information content (AvgIpc) is 2.52. The summed E-state index contributed by atoms with van der Waals surface area (Å²) in [5.41, 5.74) is 0.838. The predicted octanol–water partition coefficient (Wildman–Crippen LogP) is 0.977. The fraction of sp³-hybridized carbons (Fsp3) is 0.556. The molecule has 0 saturated carbocycles. The van der Waals surface area contributed by atoms with E-state index in [0.717, 1.165) is 18.0 Å². The average molecular weight is 180 g/mol. The molecule has 2 heterocycles. The van der Waals surface area contributed by atoms with E-state index in [0.29, 0.717) is 18.6 Å². The Bertz CT molecular complexity index is 319. The monoisotopic (exact) mass is 180 g/mol. The first-order chi connectivity index (χ1) is 6.25. The van der Waals surface area contributed by atoms with E-state index in [2.05, 4.69) is 10.5 Å². The van der Waals surface area contributed by atoms with Crippen LogP contribution in [-0.2, 0) is 4.79 Å². The second-order valence-corrected chi connectivity index (χ2v) is 3.36. The summed E-state index contributed by atoms with van der Waals surface area (Å²) >= 11 is 0. The van der Waals surface area contributed by atoms with Gasteiger partial charge in [-0.2, -0.15) is 0 Å². The summed E-state index contributed by atoms with van der Waals surface area (Å²) in [6.45, 7) is 2.59. The summed E-state index contributed by atoms with van der Waals surface area (Å²) in [5, 5.41) is 7.12. The number of piperidine rings is 1. The van der Waals surface area contributed by atoms with Crippen LogP contribution in [0.2, 0.25) is 0 Å². The van der Waals surface area contributed by atoms with Crippen molar-refractivity contribution >= 4 is 5.78 Å². The van der Waals surface area contributed by atoms with Crippen molar-refractivity contribution in [1.82, 2.24) is 10.5 Å². The van der Waals surface area contributed by atoms with Gasteiger partial charge in [0.05, 0.1) is 6.04 Å².